The van der Waals surface area contributed by atoms with Gasteiger partial charge >= 0.3 is 12.1 Å². The van der Waals surface area contributed by atoms with Crippen LogP contribution >= 0.6 is 0 Å². The zero-order valence-corrected chi connectivity index (χ0v) is 14.0. The van der Waals surface area contributed by atoms with Crippen LogP contribution in [0, 0.1) is 5.82 Å². The summed E-state index contributed by atoms with van der Waals surface area (Å²) in [6.45, 7) is 8.76. The first-order chi connectivity index (χ1) is 10.4. The molecule has 0 aliphatic carbocycles. The molecule has 1 heterocycles. The molecule has 0 aromatic heterocycles. The van der Waals surface area contributed by atoms with Crippen LogP contribution in [0.25, 0.3) is 0 Å². The molecule has 2 rings (SSSR count). The van der Waals surface area contributed by atoms with E-state index in [1.807, 2.05) is 0 Å². The Morgan fingerprint density at radius 2 is 1.96 bits per heavy atom. The molecule has 0 saturated heterocycles. The van der Waals surface area contributed by atoms with Gasteiger partial charge < -0.3 is 9.84 Å². The number of hydrogen-bond acceptors (Lipinski definition) is 3. The maximum absolute atomic E-state index is 14.3. The van der Waals surface area contributed by atoms with Crippen molar-refractivity contribution >= 4 is 12.1 Å². The highest BCUT2D eigenvalue weighted by molar-refractivity contribution is 5.83. The van der Waals surface area contributed by atoms with Gasteiger partial charge in [0, 0.05) is 17.5 Å². The number of carboxylic acids is 1. The minimum atomic E-state index is -1.26. The number of nitrogens with zero attached hydrogens (tertiary/aromatic N) is 1. The summed E-state index contributed by atoms with van der Waals surface area (Å²) in [5.41, 5.74) is -0.831. The Bertz CT molecular complexity index is 648. The van der Waals surface area contributed by atoms with Crippen LogP contribution in [0.4, 0.5) is 9.18 Å². The highest BCUT2D eigenvalue weighted by atomic mass is 19.1. The third-order valence-electron chi connectivity index (χ3n) is 3.76. The highest BCUT2D eigenvalue weighted by Gasteiger charge is 2.46. The van der Waals surface area contributed by atoms with Gasteiger partial charge in [-0.25, -0.2) is 14.0 Å². The Balaban J connectivity index is 2.54. The van der Waals surface area contributed by atoms with E-state index in [9.17, 15) is 19.1 Å². The van der Waals surface area contributed by atoms with E-state index in [-0.39, 0.29) is 6.54 Å². The Hall–Kier alpha value is -2.11. The summed E-state index contributed by atoms with van der Waals surface area (Å²) in [5.74, 6) is -1.67. The predicted molar refractivity (Wildman–Crippen MR) is 82.7 cm³/mol. The molecule has 1 aromatic carbocycles. The van der Waals surface area contributed by atoms with Gasteiger partial charge in [-0.15, -0.1) is 0 Å². The molecule has 1 aromatic rings. The molecule has 1 unspecified atom stereocenters. The normalized spacial score (nSPS) is 19.9. The van der Waals surface area contributed by atoms with Crippen LogP contribution in [-0.4, -0.2) is 34.2 Å². The molecular formula is C17H22FNO4. The number of carbonyl (C=O) groups excluding carboxylic acids is 1. The fourth-order valence-electron chi connectivity index (χ4n) is 3.00. The third-order valence-corrected chi connectivity index (χ3v) is 3.76. The molecule has 1 amide bonds. The summed E-state index contributed by atoms with van der Waals surface area (Å²) in [7, 11) is 0. The largest absolute Gasteiger partial charge is 0.479 e. The van der Waals surface area contributed by atoms with Crippen LogP contribution in [0.15, 0.2) is 18.2 Å². The van der Waals surface area contributed by atoms with Crippen molar-refractivity contribution < 1.29 is 23.8 Å². The zero-order chi connectivity index (χ0) is 17.6. The zero-order valence-electron chi connectivity index (χ0n) is 14.0. The van der Waals surface area contributed by atoms with Crippen molar-refractivity contribution in [1.29, 1.82) is 0 Å². The second kappa shape index (κ2) is 5.51. The lowest BCUT2D eigenvalue weighted by Gasteiger charge is -2.43. The first-order valence-corrected chi connectivity index (χ1v) is 7.45. The van der Waals surface area contributed by atoms with E-state index < -0.39 is 34.9 Å². The number of carbonyl (C=O) groups is 2. The van der Waals surface area contributed by atoms with Gasteiger partial charge in [0.25, 0.3) is 0 Å². The molecule has 0 radical (unpaired) electrons. The Morgan fingerprint density at radius 1 is 1.35 bits per heavy atom. The van der Waals surface area contributed by atoms with Gasteiger partial charge in [-0.05, 0) is 32.4 Å². The number of rotatable bonds is 1. The van der Waals surface area contributed by atoms with E-state index in [4.69, 9.17) is 4.74 Å². The van der Waals surface area contributed by atoms with Crippen LogP contribution in [0.5, 0.6) is 0 Å². The summed E-state index contributed by atoms with van der Waals surface area (Å²) in [6, 6.07) is 3.06. The van der Waals surface area contributed by atoms with Crippen LogP contribution in [0.1, 0.15) is 51.8 Å². The summed E-state index contributed by atoms with van der Waals surface area (Å²) < 4.78 is 19.6. The van der Waals surface area contributed by atoms with Gasteiger partial charge in [0.1, 0.15) is 11.4 Å². The standard InChI is InChI=1S/C17H22FNO4/c1-16(2,3)23-15(22)19-9-17(4,5)12-10(13(19)14(20)21)7-6-8-11(12)18/h6-8,13H,9H2,1-5H3,(H,20,21). The van der Waals surface area contributed by atoms with Crippen LogP contribution < -0.4 is 0 Å². The van der Waals surface area contributed by atoms with Gasteiger partial charge in [0.15, 0.2) is 6.04 Å². The topological polar surface area (TPSA) is 66.8 Å². The minimum Gasteiger partial charge on any atom is -0.479 e. The fourth-order valence-corrected chi connectivity index (χ4v) is 3.00. The predicted octanol–water partition coefficient (Wildman–Crippen LogP) is 3.48. The Labute approximate surface area is 135 Å². The van der Waals surface area contributed by atoms with Crippen LogP contribution in [-0.2, 0) is 14.9 Å². The first-order valence-electron chi connectivity index (χ1n) is 7.45. The Kier molecular flexibility index (Phi) is 4.13. The van der Waals surface area contributed by atoms with Gasteiger partial charge in [0.05, 0.1) is 0 Å². The molecule has 5 nitrogen and oxygen atoms in total. The molecule has 0 spiro atoms. The summed E-state index contributed by atoms with van der Waals surface area (Å²) >= 11 is 0. The molecular weight excluding hydrogens is 301 g/mol. The van der Waals surface area contributed by atoms with Crippen molar-refractivity contribution in [2.75, 3.05) is 6.54 Å². The molecule has 0 bridgehead atoms. The van der Waals surface area contributed by atoms with Crippen molar-refractivity contribution in [3.05, 3.63) is 35.1 Å². The SMILES string of the molecule is CC(C)(C)OC(=O)N1CC(C)(C)c2c(F)cccc2C1C(=O)O. The lowest BCUT2D eigenvalue weighted by molar-refractivity contribution is -0.144. The van der Waals surface area contributed by atoms with E-state index in [2.05, 4.69) is 0 Å². The van der Waals surface area contributed by atoms with E-state index >= 15 is 0 Å². The van der Waals surface area contributed by atoms with Gasteiger partial charge in [-0.2, -0.15) is 0 Å². The van der Waals surface area contributed by atoms with Crippen molar-refractivity contribution in [1.82, 2.24) is 4.90 Å². The highest BCUT2D eigenvalue weighted by Crippen LogP contribution is 2.41. The van der Waals surface area contributed by atoms with Crippen molar-refractivity contribution in [3.8, 4) is 0 Å². The number of benzene rings is 1. The molecule has 1 atom stereocenters. The lowest BCUT2D eigenvalue weighted by atomic mass is 9.75. The molecule has 6 heteroatoms. The maximum atomic E-state index is 14.3. The number of ether oxygens (including phenoxy) is 1. The first kappa shape index (κ1) is 17.2. The fraction of sp³-hybridized carbons (Fsp3) is 0.529. The van der Waals surface area contributed by atoms with E-state index in [0.717, 1.165) is 4.90 Å². The average molecular weight is 323 g/mol. The molecule has 1 aliphatic heterocycles. The average Bonchev–Trinajstić information content (AvgIpc) is 2.34. The maximum Gasteiger partial charge on any atom is 0.411 e. The van der Waals surface area contributed by atoms with Crippen molar-refractivity contribution in [2.45, 2.75) is 51.7 Å². The summed E-state index contributed by atoms with van der Waals surface area (Å²) in [6.07, 6.45) is -0.715. The van der Waals surface area contributed by atoms with Crippen molar-refractivity contribution in [3.63, 3.8) is 0 Å². The monoisotopic (exact) mass is 323 g/mol. The summed E-state index contributed by atoms with van der Waals surface area (Å²) in [5, 5.41) is 9.59. The van der Waals surface area contributed by atoms with E-state index in [0.29, 0.717) is 11.1 Å². The third kappa shape index (κ3) is 3.30. The van der Waals surface area contributed by atoms with Crippen LogP contribution in [0.3, 0.4) is 0 Å². The molecule has 1 aliphatic rings. The van der Waals surface area contributed by atoms with Gasteiger partial charge in [-0.1, -0.05) is 26.0 Å². The number of hydrogen-bond donors (Lipinski definition) is 1. The van der Waals surface area contributed by atoms with Gasteiger partial charge in [0.2, 0.25) is 0 Å². The van der Waals surface area contributed by atoms with E-state index in [1.165, 1.54) is 12.1 Å². The molecule has 1 N–H and O–H groups in total. The number of halogens is 1. The van der Waals surface area contributed by atoms with Crippen LogP contribution in [0.2, 0.25) is 0 Å². The second-order valence-electron chi connectivity index (χ2n) is 7.44. The second-order valence-corrected chi connectivity index (χ2v) is 7.44. The number of fused-ring (bicyclic) bond motifs is 1. The smallest absolute Gasteiger partial charge is 0.411 e. The Morgan fingerprint density at radius 3 is 2.48 bits per heavy atom. The number of amides is 1. The number of carboxylic acid groups (broad SMARTS) is 1. The number of aliphatic carboxylic acids is 1. The molecule has 0 fully saturated rings. The molecule has 126 valence electrons. The summed E-state index contributed by atoms with van der Waals surface area (Å²) in [4.78, 5) is 25.4. The molecule has 0 saturated carbocycles. The van der Waals surface area contributed by atoms with E-state index in [1.54, 1.807) is 40.7 Å². The minimum absolute atomic E-state index is 0.0623. The van der Waals surface area contributed by atoms with Gasteiger partial charge in [-0.3, -0.25) is 4.90 Å². The van der Waals surface area contributed by atoms with Crippen molar-refractivity contribution in [2.24, 2.45) is 0 Å². The molecule has 23 heavy (non-hydrogen) atoms. The lowest BCUT2D eigenvalue weighted by Crippen LogP contribution is -2.51. The quantitative estimate of drug-likeness (QED) is 0.859.